The lowest BCUT2D eigenvalue weighted by Crippen LogP contribution is -2.26. The topological polar surface area (TPSA) is 26.0 Å². The summed E-state index contributed by atoms with van der Waals surface area (Å²) in [5.74, 6) is 1.03. The van der Waals surface area contributed by atoms with E-state index in [1.54, 1.807) is 0 Å². The number of hydrogen-bond acceptors (Lipinski definition) is 2. The molecule has 0 fully saturated rings. The monoisotopic (exact) mass is 433 g/mol. The van der Waals surface area contributed by atoms with Crippen LogP contribution in [0.5, 0.6) is 0 Å². The van der Waals surface area contributed by atoms with Crippen LogP contribution in [0.2, 0.25) is 0 Å². The molecular formula is C32H19NO. The first kappa shape index (κ1) is 18.0. The van der Waals surface area contributed by atoms with Gasteiger partial charge in [0.2, 0.25) is 0 Å². The molecule has 0 amide bonds. The van der Waals surface area contributed by atoms with E-state index in [2.05, 4.69) is 102 Å². The minimum atomic E-state index is -0.511. The highest BCUT2D eigenvalue weighted by molar-refractivity contribution is 6.06. The summed E-state index contributed by atoms with van der Waals surface area (Å²) in [6, 6.07) is 36.9. The molecular weight excluding hydrogens is 414 g/mol. The van der Waals surface area contributed by atoms with E-state index in [1.807, 2.05) is 18.5 Å². The second-order valence-electron chi connectivity index (χ2n) is 9.11. The molecule has 1 spiro atoms. The zero-order chi connectivity index (χ0) is 22.3. The molecule has 6 aromatic rings. The van der Waals surface area contributed by atoms with Crippen LogP contribution < -0.4 is 0 Å². The predicted octanol–water partition coefficient (Wildman–Crippen LogP) is 7.84. The van der Waals surface area contributed by atoms with Gasteiger partial charge in [0.15, 0.2) is 0 Å². The Hall–Kier alpha value is -4.43. The maximum atomic E-state index is 6.82. The van der Waals surface area contributed by atoms with Crippen molar-refractivity contribution in [3.63, 3.8) is 0 Å². The molecule has 2 heteroatoms. The molecule has 2 aliphatic rings. The predicted molar refractivity (Wildman–Crippen MR) is 136 cm³/mol. The van der Waals surface area contributed by atoms with Gasteiger partial charge in [-0.1, -0.05) is 91.0 Å². The Morgan fingerprint density at radius 2 is 1.26 bits per heavy atom. The van der Waals surface area contributed by atoms with Gasteiger partial charge in [-0.25, -0.2) is 0 Å². The van der Waals surface area contributed by atoms with E-state index in [0.717, 1.165) is 16.9 Å². The van der Waals surface area contributed by atoms with Crippen LogP contribution in [0.1, 0.15) is 22.5 Å². The first-order valence-corrected chi connectivity index (χ1v) is 11.6. The molecule has 0 bridgehead atoms. The molecule has 158 valence electrons. The van der Waals surface area contributed by atoms with Gasteiger partial charge in [0.05, 0.1) is 0 Å². The third-order valence-corrected chi connectivity index (χ3v) is 7.57. The number of aromatic nitrogens is 1. The highest BCUT2D eigenvalue weighted by Crippen LogP contribution is 2.65. The zero-order valence-corrected chi connectivity index (χ0v) is 18.3. The van der Waals surface area contributed by atoms with Crippen molar-refractivity contribution in [1.29, 1.82) is 0 Å². The molecule has 0 N–H and O–H groups in total. The van der Waals surface area contributed by atoms with E-state index in [4.69, 9.17) is 4.42 Å². The summed E-state index contributed by atoms with van der Waals surface area (Å²) in [4.78, 5) is 4.45. The van der Waals surface area contributed by atoms with Gasteiger partial charge in [-0.2, -0.15) is 0 Å². The van der Waals surface area contributed by atoms with Crippen molar-refractivity contribution in [3.8, 4) is 33.4 Å². The Labute approximate surface area is 197 Å². The van der Waals surface area contributed by atoms with Crippen LogP contribution in [0.3, 0.4) is 0 Å². The zero-order valence-electron chi connectivity index (χ0n) is 18.3. The van der Waals surface area contributed by atoms with E-state index in [-0.39, 0.29) is 0 Å². The van der Waals surface area contributed by atoms with Crippen LogP contribution in [0.4, 0.5) is 0 Å². The maximum absolute atomic E-state index is 6.82. The van der Waals surface area contributed by atoms with Crippen LogP contribution in [-0.2, 0) is 5.41 Å². The number of rotatable bonds is 1. The third kappa shape index (κ3) is 2.00. The van der Waals surface area contributed by atoms with Gasteiger partial charge in [0.25, 0.3) is 0 Å². The van der Waals surface area contributed by atoms with Gasteiger partial charge in [0.1, 0.15) is 16.8 Å². The van der Waals surface area contributed by atoms with Crippen molar-refractivity contribution in [3.05, 3.63) is 138 Å². The molecule has 0 unspecified atom stereocenters. The largest absolute Gasteiger partial charge is 0.459 e. The van der Waals surface area contributed by atoms with Crippen molar-refractivity contribution < 1.29 is 4.42 Å². The van der Waals surface area contributed by atoms with Crippen LogP contribution in [-0.4, -0.2) is 4.98 Å². The van der Waals surface area contributed by atoms with E-state index < -0.39 is 5.41 Å². The Kier molecular flexibility index (Phi) is 3.36. The molecule has 0 saturated carbocycles. The number of para-hydroxylation sites is 1. The normalized spacial score (nSPS) is 14.1. The maximum Gasteiger partial charge on any atom is 0.135 e. The van der Waals surface area contributed by atoms with Gasteiger partial charge in [-0.3, -0.25) is 4.98 Å². The minimum absolute atomic E-state index is 0.511. The summed E-state index contributed by atoms with van der Waals surface area (Å²) in [5, 5.41) is 1.17. The Bertz CT molecular complexity index is 1710. The van der Waals surface area contributed by atoms with Crippen molar-refractivity contribution in [2.45, 2.75) is 5.41 Å². The van der Waals surface area contributed by atoms with Gasteiger partial charge in [-0.15, -0.1) is 0 Å². The van der Waals surface area contributed by atoms with Crippen molar-refractivity contribution >= 4 is 11.0 Å². The Morgan fingerprint density at radius 1 is 0.588 bits per heavy atom. The molecule has 2 heterocycles. The molecule has 0 radical (unpaired) electrons. The van der Waals surface area contributed by atoms with E-state index >= 15 is 0 Å². The highest BCUT2D eigenvalue weighted by Gasteiger charge is 2.55. The standard InChI is InChI=1S/C32H19NO/c1-4-15-26-22(10-1)23-11-2-5-16-27(23)32(26)30-21(20-9-8-18-33-19-20)13-7-14-25(30)29-24-12-3-6-17-28(24)34-31(29)32/h1-19H. The summed E-state index contributed by atoms with van der Waals surface area (Å²) >= 11 is 0. The lowest BCUT2D eigenvalue weighted by Gasteiger charge is -2.30. The number of benzene rings is 4. The van der Waals surface area contributed by atoms with Gasteiger partial charge < -0.3 is 4.42 Å². The van der Waals surface area contributed by atoms with E-state index in [0.29, 0.717) is 0 Å². The van der Waals surface area contributed by atoms with Crippen LogP contribution in [0, 0.1) is 0 Å². The lowest BCUT2D eigenvalue weighted by atomic mass is 9.71. The first-order valence-electron chi connectivity index (χ1n) is 11.6. The van der Waals surface area contributed by atoms with Crippen LogP contribution >= 0.6 is 0 Å². The average Bonchev–Trinajstić information content (AvgIpc) is 3.53. The number of furan rings is 1. The molecule has 0 atom stereocenters. The molecule has 0 aliphatic heterocycles. The Morgan fingerprint density at radius 3 is 2.03 bits per heavy atom. The number of nitrogens with zero attached hydrogens (tertiary/aromatic N) is 1. The van der Waals surface area contributed by atoms with Crippen molar-refractivity contribution in [1.82, 2.24) is 4.98 Å². The first-order chi connectivity index (χ1) is 16.9. The van der Waals surface area contributed by atoms with Gasteiger partial charge in [-0.05, 0) is 51.1 Å². The second kappa shape index (κ2) is 6.33. The Balaban J connectivity index is 1.63. The smallest absolute Gasteiger partial charge is 0.135 e. The van der Waals surface area contributed by atoms with Crippen LogP contribution in [0.25, 0.3) is 44.3 Å². The van der Waals surface area contributed by atoms with Gasteiger partial charge in [0, 0.05) is 28.9 Å². The second-order valence-corrected chi connectivity index (χ2v) is 9.11. The summed E-state index contributed by atoms with van der Waals surface area (Å²) in [5.41, 5.74) is 11.6. The molecule has 2 aromatic heterocycles. The van der Waals surface area contributed by atoms with Crippen LogP contribution in [0.15, 0.2) is 120 Å². The molecule has 8 rings (SSSR count). The number of hydrogen-bond donors (Lipinski definition) is 0. The summed E-state index contributed by atoms with van der Waals surface area (Å²) in [6.07, 6.45) is 3.80. The lowest BCUT2D eigenvalue weighted by molar-refractivity contribution is 0.507. The molecule has 2 nitrogen and oxygen atoms in total. The summed E-state index contributed by atoms with van der Waals surface area (Å²) < 4.78 is 6.82. The average molecular weight is 434 g/mol. The molecule has 34 heavy (non-hydrogen) atoms. The SMILES string of the molecule is c1cncc(-c2cccc3c2C2(c4ccccc4-c4ccccc42)c2oc4ccccc4c2-3)c1. The van der Waals surface area contributed by atoms with E-state index in [9.17, 15) is 0 Å². The quantitative estimate of drug-likeness (QED) is 0.264. The number of pyridine rings is 1. The fourth-order valence-electron chi connectivity index (χ4n) is 6.37. The third-order valence-electron chi connectivity index (χ3n) is 7.57. The minimum Gasteiger partial charge on any atom is -0.459 e. The molecule has 2 aliphatic carbocycles. The molecule has 0 saturated heterocycles. The summed E-state index contributed by atoms with van der Waals surface area (Å²) in [7, 11) is 0. The fraction of sp³-hybridized carbons (Fsp3) is 0.0312. The summed E-state index contributed by atoms with van der Waals surface area (Å²) in [6.45, 7) is 0. The van der Waals surface area contributed by atoms with Gasteiger partial charge >= 0.3 is 0 Å². The number of fused-ring (bicyclic) bond motifs is 12. The highest BCUT2D eigenvalue weighted by atomic mass is 16.3. The van der Waals surface area contributed by atoms with Crippen molar-refractivity contribution in [2.24, 2.45) is 0 Å². The fourth-order valence-corrected chi connectivity index (χ4v) is 6.37. The van der Waals surface area contributed by atoms with E-state index in [1.165, 1.54) is 49.9 Å². The molecule has 4 aromatic carbocycles. The van der Waals surface area contributed by atoms with Crippen molar-refractivity contribution in [2.75, 3.05) is 0 Å².